The first-order valence-corrected chi connectivity index (χ1v) is 11.6. The average molecular weight is 475 g/mol. The number of hydrogen-bond donors (Lipinski definition) is 3. The minimum absolute atomic E-state index is 0.00559. The number of nitrogens with zero attached hydrogens (tertiary/aromatic N) is 3. The molecule has 10 heteroatoms. The van der Waals surface area contributed by atoms with Crippen LogP contribution in [0.1, 0.15) is 21.5 Å². The fourth-order valence-corrected chi connectivity index (χ4v) is 4.72. The fourth-order valence-electron chi connectivity index (χ4n) is 2.98. The summed E-state index contributed by atoms with van der Waals surface area (Å²) in [4.78, 5) is 33.6. The van der Waals surface area contributed by atoms with E-state index < -0.39 is 5.91 Å². The number of fused-ring (bicyclic) bond motifs is 1. The molecule has 33 heavy (non-hydrogen) atoms. The molecule has 0 atom stereocenters. The molecule has 0 radical (unpaired) electrons. The number of thioether (sulfide) groups is 1. The molecule has 0 bridgehead atoms. The molecular weight excluding hydrogens is 456 g/mol. The van der Waals surface area contributed by atoms with Crippen molar-refractivity contribution in [2.24, 2.45) is 0 Å². The number of amides is 2. The Kier molecular flexibility index (Phi) is 6.53. The molecular formula is C23H18N6O2S2. The number of aromatic nitrogens is 2. The van der Waals surface area contributed by atoms with Crippen molar-refractivity contribution < 1.29 is 9.59 Å². The molecule has 0 aliphatic carbocycles. The van der Waals surface area contributed by atoms with Crippen LogP contribution in [0.15, 0.2) is 59.6 Å². The molecule has 2 aromatic carbocycles. The molecule has 2 amide bonds. The lowest BCUT2D eigenvalue weighted by Crippen LogP contribution is -2.16. The second-order valence-corrected chi connectivity index (χ2v) is 9.03. The summed E-state index contributed by atoms with van der Waals surface area (Å²) in [7, 11) is 0. The van der Waals surface area contributed by atoms with Crippen molar-refractivity contribution in [3.05, 3.63) is 71.3 Å². The van der Waals surface area contributed by atoms with E-state index in [9.17, 15) is 14.9 Å². The van der Waals surface area contributed by atoms with Crippen molar-refractivity contribution in [3.8, 4) is 6.07 Å². The summed E-state index contributed by atoms with van der Waals surface area (Å²) in [6, 6.07) is 18.2. The third-order valence-corrected chi connectivity index (χ3v) is 6.47. The minimum atomic E-state index is -0.469. The number of anilines is 3. The molecule has 0 aliphatic rings. The number of nitriles is 1. The Balaban J connectivity index is 1.44. The number of hydrogen-bond acceptors (Lipinski definition) is 8. The molecule has 4 rings (SSSR count). The number of nitrogens with two attached hydrogens (primary N) is 1. The number of carbonyl (C=O) groups excluding carboxylic acids is 2. The number of aryl methyl sites for hydroxylation is 1. The van der Waals surface area contributed by atoms with E-state index in [1.165, 1.54) is 17.4 Å². The number of carbonyl (C=O) groups is 2. The molecule has 0 aliphatic heterocycles. The van der Waals surface area contributed by atoms with Crippen molar-refractivity contribution in [2.75, 3.05) is 22.1 Å². The Bertz CT molecular complexity index is 1400. The summed E-state index contributed by atoms with van der Waals surface area (Å²) in [6.07, 6.45) is 0. The SMILES string of the molecule is Cc1ccc2nc(NC(=O)CSc3nc(N)c(C(=O)Nc4ccccc4)cc3C#N)sc2c1. The molecule has 0 spiro atoms. The third-order valence-electron chi connectivity index (χ3n) is 4.54. The van der Waals surface area contributed by atoms with Crippen LogP contribution in [-0.4, -0.2) is 27.5 Å². The zero-order valence-corrected chi connectivity index (χ0v) is 19.1. The van der Waals surface area contributed by atoms with E-state index in [1.807, 2.05) is 37.3 Å². The van der Waals surface area contributed by atoms with Crippen molar-refractivity contribution in [2.45, 2.75) is 11.9 Å². The number of benzene rings is 2. The zero-order chi connectivity index (χ0) is 23.4. The Labute approximate surface area is 197 Å². The summed E-state index contributed by atoms with van der Waals surface area (Å²) in [5.41, 5.74) is 8.77. The normalized spacial score (nSPS) is 10.5. The molecule has 0 saturated heterocycles. The van der Waals surface area contributed by atoms with E-state index in [1.54, 1.807) is 24.3 Å². The van der Waals surface area contributed by atoms with E-state index in [0.29, 0.717) is 10.8 Å². The summed E-state index contributed by atoms with van der Waals surface area (Å²) in [5.74, 6) is -0.771. The lowest BCUT2D eigenvalue weighted by Gasteiger charge is -2.10. The van der Waals surface area contributed by atoms with Crippen LogP contribution in [0.25, 0.3) is 10.2 Å². The lowest BCUT2D eigenvalue weighted by molar-refractivity contribution is -0.113. The largest absolute Gasteiger partial charge is 0.383 e. The Morgan fingerprint density at radius 3 is 2.67 bits per heavy atom. The van der Waals surface area contributed by atoms with Gasteiger partial charge in [0.2, 0.25) is 5.91 Å². The van der Waals surface area contributed by atoms with Gasteiger partial charge in [-0.2, -0.15) is 5.26 Å². The van der Waals surface area contributed by atoms with Gasteiger partial charge in [0.05, 0.1) is 27.1 Å². The van der Waals surface area contributed by atoms with Crippen molar-refractivity contribution >= 4 is 61.8 Å². The molecule has 2 heterocycles. The number of para-hydroxylation sites is 1. The highest BCUT2D eigenvalue weighted by molar-refractivity contribution is 8.00. The van der Waals surface area contributed by atoms with Crippen LogP contribution in [0, 0.1) is 18.3 Å². The summed E-state index contributed by atoms with van der Waals surface area (Å²) >= 11 is 2.46. The van der Waals surface area contributed by atoms with Crippen LogP contribution in [0.3, 0.4) is 0 Å². The fraction of sp³-hybridized carbons (Fsp3) is 0.0870. The van der Waals surface area contributed by atoms with E-state index >= 15 is 0 Å². The first-order chi connectivity index (χ1) is 15.9. The number of rotatable bonds is 6. The molecule has 4 aromatic rings. The van der Waals surface area contributed by atoms with Gasteiger partial charge in [-0.3, -0.25) is 9.59 Å². The third kappa shape index (κ3) is 5.28. The van der Waals surface area contributed by atoms with Crippen LogP contribution >= 0.6 is 23.1 Å². The molecule has 0 saturated carbocycles. The molecule has 0 fully saturated rings. The van der Waals surface area contributed by atoms with E-state index in [0.717, 1.165) is 27.5 Å². The first-order valence-electron chi connectivity index (χ1n) is 9.80. The maximum atomic E-state index is 12.6. The number of nitrogen functional groups attached to an aromatic ring is 1. The average Bonchev–Trinajstić information content (AvgIpc) is 3.19. The van der Waals surface area contributed by atoms with Gasteiger partial charge in [-0.15, -0.1) is 0 Å². The van der Waals surface area contributed by atoms with E-state index in [2.05, 4.69) is 20.6 Å². The van der Waals surface area contributed by atoms with Gasteiger partial charge in [-0.1, -0.05) is 47.4 Å². The van der Waals surface area contributed by atoms with Gasteiger partial charge in [0.15, 0.2) is 5.13 Å². The topological polar surface area (TPSA) is 134 Å². The highest BCUT2D eigenvalue weighted by Gasteiger charge is 2.18. The van der Waals surface area contributed by atoms with Crippen LogP contribution in [0.5, 0.6) is 0 Å². The summed E-state index contributed by atoms with van der Waals surface area (Å²) in [5, 5.41) is 15.8. The van der Waals surface area contributed by atoms with E-state index in [4.69, 9.17) is 5.73 Å². The highest BCUT2D eigenvalue weighted by atomic mass is 32.2. The first kappa shape index (κ1) is 22.3. The number of nitrogens with one attached hydrogen (secondary N) is 2. The molecule has 164 valence electrons. The molecule has 2 aromatic heterocycles. The lowest BCUT2D eigenvalue weighted by atomic mass is 10.2. The molecule has 4 N–H and O–H groups in total. The number of pyridine rings is 1. The summed E-state index contributed by atoms with van der Waals surface area (Å²) in [6.45, 7) is 2.00. The van der Waals surface area contributed by atoms with Crippen LogP contribution in [0.4, 0.5) is 16.6 Å². The maximum Gasteiger partial charge on any atom is 0.259 e. The van der Waals surface area contributed by atoms with Crippen LogP contribution in [-0.2, 0) is 4.79 Å². The predicted octanol–water partition coefficient (Wildman–Crippen LogP) is 4.44. The Morgan fingerprint density at radius 2 is 1.91 bits per heavy atom. The van der Waals surface area contributed by atoms with Crippen molar-refractivity contribution in [1.82, 2.24) is 9.97 Å². The van der Waals surface area contributed by atoms with Gasteiger partial charge >= 0.3 is 0 Å². The number of thiazole rings is 1. The minimum Gasteiger partial charge on any atom is -0.383 e. The predicted molar refractivity (Wildman–Crippen MR) is 131 cm³/mol. The molecule has 0 unspecified atom stereocenters. The highest BCUT2D eigenvalue weighted by Crippen LogP contribution is 2.28. The van der Waals surface area contributed by atoms with E-state index in [-0.39, 0.29) is 33.6 Å². The van der Waals surface area contributed by atoms with Gasteiger partial charge in [-0.25, -0.2) is 9.97 Å². The Hall–Kier alpha value is -3.94. The standard InChI is InChI=1S/C23H18N6O2S2/c1-13-7-8-17-18(9-13)33-23(27-17)28-19(30)12-32-22-14(11-24)10-16(20(25)29-22)21(31)26-15-5-3-2-4-6-15/h2-10H,12H2,1H3,(H2,25,29)(H,26,31)(H,27,28,30). The van der Waals surface area contributed by atoms with Gasteiger partial charge < -0.3 is 16.4 Å². The van der Waals surface area contributed by atoms with Crippen LogP contribution < -0.4 is 16.4 Å². The molecule has 8 nitrogen and oxygen atoms in total. The second kappa shape index (κ2) is 9.68. The second-order valence-electron chi connectivity index (χ2n) is 7.03. The van der Waals surface area contributed by atoms with Gasteiger partial charge in [0.25, 0.3) is 5.91 Å². The van der Waals surface area contributed by atoms with Gasteiger partial charge in [-0.05, 0) is 42.8 Å². The van der Waals surface area contributed by atoms with Crippen molar-refractivity contribution in [1.29, 1.82) is 5.26 Å². The van der Waals surface area contributed by atoms with Crippen molar-refractivity contribution in [3.63, 3.8) is 0 Å². The van der Waals surface area contributed by atoms with Gasteiger partial charge in [0.1, 0.15) is 16.9 Å². The quantitative estimate of drug-likeness (QED) is 0.352. The maximum absolute atomic E-state index is 12.6. The monoisotopic (exact) mass is 474 g/mol. The van der Waals surface area contributed by atoms with Crippen LogP contribution in [0.2, 0.25) is 0 Å². The zero-order valence-electron chi connectivity index (χ0n) is 17.5. The Morgan fingerprint density at radius 1 is 1.12 bits per heavy atom. The summed E-state index contributed by atoms with van der Waals surface area (Å²) < 4.78 is 0.989. The smallest absolute Gasteiger partial charge is 0.259 e. The van der Waals surface area contributed by atoms with Gasteiger partial charge in [0, 0.05) is 5.69 Å².